The second kappa shape index (κ2) is 6.47. The molecule has 0 fully saturated rings. The van der Waals surface area contributed by atoms with Gasteiger partial charge in [-0.3, -0.25) is 0 Å². The Kier molecular flexibility index (Phi) is 4.43. The van der Waals surface area contributed by atoms with Gasteiger partial charge in [0.15, 0.2) is 0 Å². The summed E-state index contributed by atoms with van der Waals surface area (Å²) < 4.78 is 0. The third-order valence-corrected chi connectivity index (χ3v) is 4.96. The van der Waals surface area contributed by atoms with Crippen LogP contribution in [0.25, 0.3) is 11.1 Å². The summed E-state index contributed by atoms with van der Waals surface area (Å²) in [7, 11) is 0. The van der Waals surface area contributed by atoms with Crippen LogP contribution in [0.3, 0.4) is 0 Å². The van der Waals surface area contributed by atoms with Crippen molar-refractivity contribution in [2.75, 3.05) is 0 Å². The molecule has 21 heavy (non-hydrogen) atoms. The van der Waals surface area contributed by atoms with Crippen molar-refractivity contribution in [2.45, 2.75) is 52.4 Å². The number of hydrogen-bond acceptors (Lipinski definition) is 0. The molecule has 1 atom stereocenters. The Hall–Kier alpha value is -1.56. The fourth-order valence-electron chi connectivity index (χ4n) is 3.66. The van der Waals surface area contributed by atoms with Crippen molar-refractivity contribution in [3.63, 3.8) is 0 Å². The zero-order valence-corrected chi connectivity index (χ0v) is 13.4. The highest BCUT2D eigenvalue weighted by Gasteiger charge is 2.15. The van der Waals surface area contributed by atoms with Crippen molar-refractivity contribution in [1.29, 1.82) is 0 Å². The van der Waals surface area contributed by atoms with E-state index >= 15 is 0 Å². The predicted octanol–water partition coefficient (Wildman–Crippen LogP) is 5.96. The fourth-order valence-corrected chi connectivity index (χ4v) is 3.66. The van der Waals surface area contributed by atoms with Crippen LogP contribution in [0, 0.1) is 12.8 Å². The van der Waals surface area contributed by atoms with Gasteiger partial charge in [0.25, 0.3) is 0 Å². The Labute approximate surface area is 129 Å². The molecule has 0 heterocycles. The average molecular weight is 278 g/mol. The molecule has 0 spiro atoms. The summed E-state index contributed by atoms with van der Waals surface area (Å²) in [5.74, 6) is 0.846. The fraction of sp³-hybridized carbons (Fsp3) is 0.429. The highest BCUT2D eigenvalue weighted by Crippen LogP contribution is 2.33. The normalized spacial score (nSPS) is 18.7. The minimum absolute atomic E-state index is 0.846. The maximum Gasteiger partial charge on any atom is -0.0149 e. The molecule has 0 radical (unpaired) electrons. The van der Waals surface area contributed by atoms with Crippen molar-refractivity contribution in [3.05, 3.63) is 59.2 Å². The first-order valence-electron chi connectivity index (χ1n) is 8.45. The van der Waals surface area contributed by atoms with Crippen molar-refractivity contribution in [3.8, 4) is 11.1 Å². The van der Waals surface area contributed by atoms with E-state index < -0.39 is 0 Å². The molecule has 0 N–H and O–H groups in total. The van der Waals surface area contributed by atoms with Gasteiger partial charge in [0.1, 0.15) is 0 Å². The maximum absolute atomic E-state index is 2.39. The van der Waals surface area contributed by atoms with Crippen LogP contribution in [0.1, 0.15) is 49.3 Å². The Balaban J connectivity index is 2.10. The Morgan fingerprint density at radius 1 is 0.952 bits per heavy atom. The van der Waals surface area contributed by atoms with Crippen LogP contribution in [-0.2, 0) is 12.8 Å². The van der Waals surface area contributed by atoms with Crippen molar-refractivity contribution in [1.82, 2.24) is 0 Å². The number of rotatable bonds is 1. The molecule has 1 unspecified atom stereocenters. The van der Waals surface area contributed by atoms with E-state index in [2.05, 4.69) is 56.3 Å². The van der Waals surface area contributed by atoms with Gasteiger partial charge >= 0.3 is 0 Å². The Bertz CT molecular complexity index is 609. The molecule has 0 saturated heterocycles. The van der Waals surface area contributed by atoms with Crippen LogP contribution in [0.4, 0.5) is 0 Å². The highest BCUT2D eigenvalue weighted by atomic mass is 14.2. The molecule has 110 valence electrons. The van der Waals surface area contributed by atoms with E-state index in [1.54, 1.807) is 0 Å². The smallest absolute Gasteiger partial charge is 0.0149 e. The summed E-state index contributed by atoms with van der Waals surface area (Å²) in [6.45, 7) is 4.55. The zero-order chi connectivity index (χ0) is 14.7. The molecule has 0 aromatic heterocycles. The summed E-state index contributed by atoms with van der Waals surface area (Å²) in [4.78, 5) is 0. The van der Waals surface area contributed by atoms with E-state index in [0.29, 0.717) is 0 Å². The van der Waals surface area contributed by atoms with E-state index in [-0.39, 0.29) is 0 Å². The van der Waals surface area contributed by atoms with Crippen LogP contribution < -0.4 is 0 Å². The van der Waals surface area contributed by atoms with Gasteiger partial charge in [-0.2, -0.15) is 0 Å². The number of aryl methyl sites for hydroxylation is 2. The lowest BCUT2D eigenvalue weighted by Crippen LogP contribution is -2.07. The van der Waals surface area contributed by atoms with Crippen LogP contribution in [0.5, 0.6) is 0 Å². The van der Waals surface area contributed by atoms with E-state index in [4.69, 9.17) is 0 Å². The molecular weight excluding hydrogens is 252 g/mol. The van der Waals surface area contributed by atoms with E-state index in [1.165, 1.54) is 66.3 Å². The summed E-state index contributed by atoms with van der Waals surface area (Å²) in [6.07, 6.45) is 7.84. The highest BCUT2D eigenvalue weighted by molar-refractivity contribution is 5.71. The average Bonchev–Trinajstić information content (AvgIpc) is 2.51. The molecule has 3 rings (SSSR count). The van der Waals surface area contributed by atoms with E-state index in [1.807, 2.05) is 0 Å². The van der Waals surface area contributed by atoms with Crippen LogP contribution in [0.15, 0.2) is 42.5 Å². The first-order chi connectivity index (χ1) is 10.3. The van der Waals surface area contributed by atoms with Gasteiger partial charge in [0, 0.05) is 0 Å². The summed E-state index contributed by atoms with van der Waals surface area (Å²) >= 11 is 0. The maximum atomic E-state index is 2.39. The van der Waals surface area contributed by atoms with Gasteiger partial charge in [-0.25, -0.2) is 0 Å². The molecule has 0 saturated carbocycles. The molecule has 2 aromatic rings. The van der Waals surface area contributed by atoms with Crippen LogP contribution in [0.2, 0.25) is 0 Å². The molecule has 0 amide bonds. The van der Waals surface area contributed by atoms with E-state index in [0.717, 1.165) is 5.92 Å². The van der Waals surface area contributed by atoms with Gasteiger partial charge in [0.2, 0.25) is 0 Å². The third kappa shape index (κ3) is 3.20. The van der Waals surface area contributed by atoms with Gasteiger partial charge in [0.05, 0.1) is 0 Å². The van der Waals surface area contributed by atoms with Crippen molar-refractivity contribution in [2.24, 2.45) is 5.92 Å². The second-order valence-electron chi connectivity index (χ2n) is 6.54. The van der Waals surface area contributed by atoms with E-state index in [9.17, 15) is 0 Å². The molecule has 1 aliphatic carbocycles. The SMILES string of the molecule is CCC1CCCCc2cc(C)ccc2-c2ccccc2C1. The molecule has 0 bridgehead atoms. The zero-order valence-electron chi connectivity index (χ0n) is 13.4. The lowest BCUT2D eigenvalue weighted by molar-refractivity contribution is 0.443. The minimum Gasteiger partial charge on any atom is -0.0651 e. The minimum atomic E-state index is 0.846. The lowest BCUT2D eigenvalue weighted by Gasteiger charge is -2.21. The topological polar surface area (TPSA) is 0 Å². The van der Waals surface area contributed by atoms with Gasteiger partial charge in [-0.15, -0.1) is 0 Å². The lowest BCUT2D eigenvalue weighted by atomic mass is 9.84. The quantitative estimate of drug-likeness (QED) is 0.604. The molecule has 2 aromatic carbocycles. The molecule has 0 nitrogen and oxygen atoms in total. The standard InChI is InChI=1S/C21H26/c1-3-17-8-4-5-9-18-14-16(2)12-13-21(18)20-11-7-6-10-19(20)15-17/h6-7,10-14,17H,3-5,8-9,15H2,1-2H3. The Morgan fingerprint density at radius 3 is 2.62 bits per heavy atom. The predicted molar refractivity (Wildman–Crippen MR) is 91.7 cm³/mol. The molecule has 0 aliphatic heterocycles. The molecule has 1 aliphatic rings. The first kappa shape index (κ1) is 14.4. The summed E-state index contributed by atoms with van der Waals surface area (Å²) in [5, 5.41) is 0. The molecular formula is C21H26. The summed E-state index contributed by atoms with van der Waals surface area (Å²) in [5.41, 5.74) is 7.39. The van der Waals surface area contributed by atoms with Crippen molar-refractivity contribution >= 4 is 0 Å². The number of benzene rings is 2. The summed E-state index contributed by atoms with van der Waals surface area (Å²) in [6, 6.07) is 16.0. The largest absolute Gasteiger partial charge is 0.0651 e. The van der Waals surface area contributed by atoms with Gasteiger partial charge in [-0.1, -0.05) is 74.2 Å². The van der Waals surface area contributed by atoms with Gasteiger partial charge < -0.3 is 0 Å². The second-order valence-corrected chi connectivity index (χ2v) is 6.54. The monoisotopic (exact) mass is 278 g/mol. The first-order valence-corrected chi connectivity index (χ1v) is 8.45. The van der Waals surface area contributed by atoms with Crippen LogP contribution in [-0.4, -0.2) is 0 Å². The van der Waals surface area contributed by atoms with Crippen molar-refractivity contribution < 1.29 is 0 Å². The van der Waals surface area contributed by atoms with Gasteiger partial charge in [-0.05, 0) is 54.4 Å². The van der Waals surface area contributed by atoms with Crippen LogP contribution >= 0.6 is 0 Å². The number of hydrogen-bond donors (Lipinski definition) is 0. The Morgan fingerprint density at radius 2 is 1.76 bits per heavy atom. The number of fused-ring (bicyclic) bond motifs is 3. The molecule has 0 heteroatoms. The third-order valence-electron chi connectivity index (χ3n) is 4.96.